The number of rotatable bonds is 8. The molecule has 1 rings (SSSR count). The molecule has 0 bridgehead atoms. The number of benzene rings is 1. The van der Waals surface area contributed by atoms with Gasteiger partial charge in [0, 0.05) is 24.3 Å². The first-order chi connectivity index (χ1) is 9.53. The summed E-state index contributed by atoms with van der Waals surface area (Å²) in [5, 5.41) is 0. The number of nitrogens with two attached hydrogens (primary N) is 1. The van der Waals surface area contributed by atoms with Crippen LogP contribution in [0.3, 0.4) is 0 Å². The summed E-state index contributed by atoms with van der Waals surface area (Å²) in [6.45, 7) is 12.4. The molecule has 0 aliphatic carbocycles. The van der Waals surface area contributed by atoms with Crippen LogP contribution in [0.5, 0.6) is 0 Å². The molecule has 0 saturated heterocycles. The van der Waals surface area contributed by atoms with Crippen molar-refractivity contribution in [3.63, 3.8) is 0 Å². The highest BCUT2D eigenvalue weighted by Gasteiger charge is 2.17. The molecule has 0 amide bonds. The van der Waals surface area contributed by atoms with Gasteiger partial charge in [-0.15, -0.1) is 0 Å². The molecule has 20 heavy (non-hydrogen) atoms. The van der Waals surface area contributed by atoms with Crippen molar-refractivity contribution in [3.05, 3.63) is 29.8 Å². The molecule has 0 aliphatic rings. The van der Waals surface area contributed by atoms with Gasteiger partial charge in [0.25, 0.3) is 0 Å². The predicted molar refractivity (Wildman–Crippen MR) is 90.2 cm³/mol. The third-order valence-electron chi connectivity index (χ3n) is 4.04. The van der Waals surface area contributed by atoms with Crippen molar-refractivity contribution in [3.8, 4) is 0 Å². The van der Waals surface area contributed by atoms with Crippen molar-refractivity contribution in [1.29, 1.82) is 0 Å². The molecule has 114 valence electrons. The SMILES string of the molecule is CCC(N)c1ccc(N(CC(C)C)C(CC)CC)cc1. The lowest BCUT2D eigenvalue weighted by Crippen LogP contribution is -2.37. The first kappa shape index (κ1) is 17.0. The van der Waals surface area contributed by atoms with Crippen LogP contribution >= 0.6 is 0 Å². The molecule has 0 aliphatic heterocycles. The number of hydrogen-bond acceptors (Lipinski definition) is 2. The Bertz CT molecular complexity index is 366. The van der Waals surface area contributed by atoms with Crippen LogP contribution in [-0.4, -0.2) is 12.6 Å². The second kappa shape index (κ2) is 8.31. The Morgan fingerprint density at radius 2 is 1.50 bits per heavy atom. The van der Waals surface area contributed by atoms with Crippen LogP contribution < -0.4 is 10.6 Å². The van der Waals surface area contributed by atoms with E-state index in [4.69, 9.17) is 5.73 Å². The minimum Gasteiger partial charge on any atom is -0.368 e. The fourth-order valence-corrected chi connectivity index (χ4v) is 2.74. The van der Waals surface area contributed by atoms with Gasteiger partial charge in [-0.3, -0.25) is 0 Å². The maximum absolute atomic E-state index is 6.10. The summed E-state index contributed by atoms with van der Waals surface area (Å²) in [5.41, 5.74) is 8.67. The van der Waals surface area contributed by atoms with Gasteiger partial charge in [-0.2, -0.15) is 0 Å². The second-order valence-corrected chi connectivity index (χ2v) is 6.12. The zero-order valence-corrected chi connectivity index (χ0v) is 13.9. The minimum absolute atomic E-state index is 0.163. The van der Waals surface area contributed by atoms with Crippen molar-refractivity contribution in [2.24, 2.45) is 11.7 Å². The summed E-state index contributed by atoms with van der Waals surface area (Å²) in [5.74, 6) is 0.674. The van der Waals surface area contributed by atoms with E-state index >= 15 is 0 Å². The summed E-state index contributed by atoms with van der Waals surface area (Å²) < 4.78 is 0. The normalized spacial score (nSPS) is 13.0. The van der Waals surface area contributed by atoms with Gasteiger partial charge in [0.1, 0.15) is 0 Å². The Labute approximate surface area is 125 Å². The minimum atomic E-state index is 0.163. The molecule has 1 atom stereocenters. The van der Waals surface area contributed by atoms with E-state index < -0.39 is 0 Å². The Balaban J connectivity index is 2.95. The predicted octanol–water partition coefficient (Wildman–Crippen LogP) is 4.75. The van der Waals surface area contributed by atoms with E-state index in [1.165, 1.54) is 24.1 Å². The molecular weight excluding hydrogens is 244 g/mol. The van der Waals surface area contributed by atoms with E-state index in [1.54, 1.807) is 0 Å². The van der Waals surface area contributed by atoms with Gasteiger partial charge in [-0.05, 0) is 42.9 Å². The highest BCUT2D eigenvalue weighted by molar-refractivity contribution is 5.49. The van der Waals surface area contributed by atoms with E-state index in [1.807, 2.05) is 0 Å². The Kier molecular flexibility index (Phi) is 7.08. The number of hydrogen-bond donors (Lipinski definition) is 1. The van der Waals surface area contributed by atoms with Crippen LogP contribution in [0.2, 0.25) is 0 Å². The molecule has 0 saturated carbocycles. The topological polar surface area (TPSA) is 29.3 Å². The quantitative estimate of drug-likeness (QED) is 0.742. The van der Waals surface area contributed by atoms with Crippen LogP contribution in [0.4, 0.5) is 5.69 Å². The maximum atomic E-state index is 6.10. The van der Waals surface area contributed by atoms with E-state index in [0.29, 0.717) is 12.0 Å². The zero-order chi connectivity index (χ0) is 15.1. The fourth-order valence-electron chi connectivity index (χ4n) is 2.74. The van der Waals surface area contributed by atoms with Crippen molar-refractivity contribution >= 4 is 5.69 Å². The third kappa shape index (κ3) is 4.52. The van der Waals surface area contributed by atoms with Crippen LogP contribution in [0, 0.1) is 5.92 Å². The highest BCUT2D eigenvalue weighted by Crippen LogP contribution is 2.24. The zero-order valence-electron chi connectivity index (χ0n) is 13.9. The molecular formula is C18H32N2. The average molecular weight is 276 g/mol. The van der Waals surface area contributed by atoms with Gasteiger partial charge >= 0.3 is 0 Å². The van der Waals surface area contributed by atoms with Crippen molar-refractivity contribution in [2.75, 3.05) is 11.4 Å². The van der Waals surface area contributed by atoms with E-state index in [0.717, 1.165) is 13.0 Å². The lowest BCUT2D eigenvalue weighted by atomic mass is 10.0. The van der Waals surface area contributed by atoms with Crippen LogP contribution in [-0.2, 0) is 0 Å². The van der Waals surface area contributed by atoms with Crippen molar-refractivity contribution in [1.82, 2.24) is 0 Å². The van der Waals surface area contributed by atoms with Gasteiger partial charge in [-0.1, -0.05) is 46.8 Å². The summed E-state index contributed by atoms with van der Waals surface area (Å²) in [7, 11) is 0. The summed E-state index contributed by atoms with van der Waals surface area (Å²) >= 11 is 0. The average Bonchev–Trinajstić information content (AvgIpc) is 2.46. The largest absolute Gasteiger partial charge is 0.368 e. The molecule has 0 radical (unpaired) electrons. The first-order valence-corrected chi connectivity index (χ1v) is 8.15. The van der Waals surface area contributed by atoms with Gasteiger partial charge in [0.15, 0.2) is 0 Å². The monoisotopic (exact) mass is 276 g/mol. The molecule has 2 N–H and O–H groups in total. The molecule has 2 nitrogen and oxygen atoms in total. The molecule has 0 fully saturated rings. The summed E-state index contributed by atoms with van der Waals surface area (Å²) in [6.07, 6.45) is 3.38. The lowest BCUT2D eigenvalue weighted by molar-refractivity contribution is 0.507. The molecule has 2 heteroatoms. The second-order valence-electron chi connectivity index (χ2n) is 6.12. The molecule has 0 aromatic heterocycles. The van der Waals surface area contributed by atoms with Gasteiger partial charge in [0.05, 0.1) is 0 Å². The van der Waals surface area contributed by atoms with Crippen LogP contribution in [0.25, 0.3) is 0 Å². The van der Waals surface area contributed by atoms with E-state index in [-0.39, 0.29) is 6.04 Å². The Hall–Kier alpha value is -1.02. The molecule has 0 spiro atoms. The lowest BCUT2D eigenvalue weighted by Gasteiger charge is -2.34. The first-order valence-electron chi connectivity index (χ1n) is 8.15. The van der Waals surface area contributed by atoms with E-state index in [2.05, 4.69) is 63.8 Å². The Morgan fingerprint density at radius 1 is 0.950 bits per heavy atom. The molecule has 0 heterocycles. The van der Waals surface area contributed by atoms with Crippen molar-refractivity contribution in [2.45, 2.75) is 66.0 Å². The molecule has 1 unspecified atom stereocenters. The molecule has 1 aromatic carbocycles. The van der Waals surface area contributed by atoms with Crippen molar-refractivity contribution < 1.29 is 0 Å². The fraction of sp³-hybridized carbons (Fsp3) is 0.667. The number of nitrogens with zero attached hydrogens (tertiary/aromatic N) is 1. The maximum Gasteiger partial charge on any atom is 0.0368 e. The van der Waals surface area contributed by atoms with Gasteiger partial charge < -0.3 is 10.6 Å². The third-order valence-corrected chi connectivity index (χ3v) is 4.04. The highest BCUT2D eigenvalue weighted by atomic mass is 15.2. The summed E-state index contributed by atoms with van der Waals surface area (Å²) in [6, 6.07) is 9.66. The smallest absolute Gasteiger partial charge is 0.0368 e. The number of anilines is 1. The van der Waals surface area contributed by atoms with Crippen LogP contribution in [0.1, 0.15) is 65.5 Å². The van der Waals surface area contributed by atoms with Crippen LogP contribution in [0.15, 0.2) is 24.3 Å². The molecule has 1 aromatic rings. The van der Waals surface area contributed by atoms with E-state index in [9.17, 15) is 0 Å². The standard InChI is InChI=1S/C18H32N2/c1-6-16(7-2)20(13-14(4)5)17-11-9-15(10-12-17)18(19)8-3/h9-12,14,16,18H,6-8,13,19H2,1-5H3. The van der Waals surface area contributed by atoms with Gasteiger partial charge in [-0.25, -0.2) is 0 Å². The Morgan fingerprint density at radius 3 is 1.90 bits per heavy atom. The van der Waals surface area contributed by atoms with Gasteiger partial charge in [0.2, 0.25) is 0 Å². The summed E-state index contributed by atoms with van der Waals surface area (Å²) in [4.78, 5) is 2.56.